The Morgan fingerprint density at radius 3 is 2.34 bits per heavy atom. The predicted octanol–water partition coefficient (Wildman–Crippen LogP) is 1.35. The van der Waals surface area contributed by atoms with E-state index < -0.39 is 12.2 Å². The van der Waals surface area contributed by atoms with Gasteiger partial charge in [-0.05, 0) is 60.8 Å². The molecule has 4 aliphatic rings. The van der Waals surface area contributed by atoms with Crippen LogP contribution >= 0.6 is 0 Å². The molecule has 4 heterocycles. The number of hydroxylamine groups is 2. The van der Waals surface area contributed by atoms with Gasteiger partial charge in [0, 0.05) is 95.7 Å². The molecule has 0 radical (unpaired) electrons. The zero-order chi connectivity index (χ0) is 37.6. The molecule has 4 aliphatic heterocycles. The fourth-order valence-corrected chi connectivity index (χ4v) is 8.09. The van der Waals surface area contributed by atoms with Gasteiger partial charge in [0.1, 0.15) is 13.6 Å². The molecule has 0 aromatic heterocycles. The molecule has 3 saturated heterocycles. The van der Waals surface area contributed by atoms with Gasteiger partial charge in [-0.1, -0.05) is 36.9 Å². The van der Waals surface area contributed by atoms with Crippen LogP contribution in [0.4, 0.5) is 15.3 Å². The molecule has 284 valence electrons. The number of piperazine rings is 1. The van der Waals surface area contributed by atoms with Crippen LogP contribution in [0.5, 0.6) is 5.75 Å². The molecular weight excluding hydrogens is 677 g/mol. The van der Waals surface area contributed by atoms with E-state index in [0.717, 1.165) is 49.2 Å². The van der Waals surface area contributed by atoms with Gasteiger partial charge in [0.2, 0.25) is 0 Å². The molecular formula is C38H52BN7O7. The maximum absolute atomic E-state index is 14.2. The average Bonchev–Trinajstić information content (AvgIpc) is 3.34. The quantitative estimate of drug-likeness (QED) is 0.198. The van der Waals surface area contributed by atoms with Gasteiger partial charge in [-0.15, -0.1) is 0 Å². The van der Waals surface area contributed by atoms with Crippen molar-refractivity contribution in [2.45, 2.75) is 56.7 Å². The SMILES string of the molecule is Bc1cc(C[C@@H](OC(=O)N2CCC(N3CCc4ccccc4NC3=O)CC2)C(=O)N2CCN(C3CCN(CC(=O)N(C)O)CC3)CC2)cc(C=C)c1O. The van der Waals surface area contributed by atoms with E-state index in [1.807, 2.05) is 35.2 Å². The first-order valence-electron chi connectivity index (χ1n) is 18.8. The first kappa shape index (κ1) is 38.1. The maximum Gasteiger partial charge on any atom is 0.410 e. The Bertz CT molecular complexity index is 1670. The number of nitrogens with zero attached hydrogens (tertiary/aromatic N) is 6. The highest BCUT2D eigenvalue weighted by molar-refractivity contribution is 6.34. The molecule has 2 aromatic carbocycles. The number of carbonyl (C=O) groups is 4. The number of likely N-dealkylation sites (tertiary alicyclic amines) is 2. The molecule has 0 bridgehead atoms. The van der Waals surface area contributed by atoms with E-state index in [-0.39, 0.29) is 42.6 Å². The highest BCUT2D eigenvalue weighted by Gasteiger charge is 2.36. The van der Waals surface area contributed by atoms with E-state index >= 15 is 0 Å². The molecule has 1 atom stereocenters. The predicted molar refractivity (Wildman–Crippen MR) is 203 cm³/mol. The maximum atomic E-state index is 14.2. The molecule has 15 heteroatoms. The van der Waals surface area contributed by atoms with Crippen molar-refractivity contribution in [1.29, 1.82) is 0 Å². The Morgan fingerprint density at radius 2 is 1.66 bits per heavy atom. The number of phenols is 1. The smallest absolute Gasteiger partial charge is 0.410 e. The summed E-state index contributed by atoms with van der Waals surface area (Å²) in [6.07, 6.45) is 3.86. The minimum Gasteiger partial charge on any atom is -0.508 e. The fourth-order valence-electron chi connectivity index (χ4n) is 8.09. The monoisotopic (exact) mass is 729 g/mol. The fraction of sp³-hybridized carbons (Fsp3) is 0.526. The van der Waals surface area contributed by atoms with Crippen molar-refractivity contribution in [3.05, 3.63) is 59.7 Å². The molecule has 14 nitrogen and oxygen atoms in total. The number of piperidine rings is 2. The number of anilines is 1. The summed E-state index contributed by atoms with van der Waals surface area (Å²) in [5, 5.41) is 23.6. The lowest BCUT2D eigenvalue weighted by molar-refractivity contribution is -0.160. The van der Waals surface area contributed by atoms with Crippen LogP contribution in [0.15, 0.2) is 43.0 Å². The molecule has 0 unspecified atom stereocenters. The number of fused-ring (bicyclic) bond motifs is 1. The number of urea groups is 1. The first-order chi connectivity index (χ1) is 25.5. The van der Waals surface area contributed by atoms with Gasteiger partial charge in [-0.2, -0.15) is 0 Å². The Labute approximate surface area is 312 Å². The first-order valence-corrected chi connectivity index (χ1v) is 18.8. The second-order valence-electron chi connectivity index (χ2n) is 14.7. The van der Waals surface area contributed by atoms with Gasteiger partial charge >= 0.3 is 12.1 Å². The number of carbonyl (C=O) groups excluding carboxylic acids is 4. The molecule has 3 N–H and O–H groups in total. The molecule has 2 aromatic rings. The highest BCUT2D eigenvalue weighted by Crippen LogP contribution is 2.26. The second kappa shape index (κ2) is 17.0. The Kier molecular flexibility index (Phi) is 12.3. The second-order valence-corrected chi connectivity index (χ2v) is 14.7. The summed E-state index contributed by atoms with van der Waals surface area (Å²) in [6.45, 7) is 9.32. The third-order valence-corrected chi connectivity index (χ3v) is 11.3. The summed E-state index contributed by atoms with van der Waals surface area (Å²) in [7, 11) is 3.13. The molecule has 0 spiro atoms. The Hall–Kier alpha value is -4.60. The molecule has 3 fully saturated rings. The van der Waals surface area contributed by atoms with Crippen LogP contribution in [-0.2, 0) is 27.2 Å². The van der Waals surface area contributed by atoms with Crippen LogP contribution in [0.2, 0.25) is 0 Å². The van der Waals surface area contributed by atoms with E-state index in [0.29, 0.717) is 80.8 Å². The normalized spacial score (nSPS) is 19.9. The van der Waals surface area contributed by atoms with E-state index in [4.69, 9.17) is 4.74 Å². The van der Waals surface area contributed by atoms with Crippen molar-refractivity contribution in [2.75, 3.05) is 77.8 Å². The van der Waals surface area contributed by atoms with Crippen molar-refractivity contribution in [3.63, 3.8) is 0 Å². The van der Waals surface area contributed by atoms with Crippen LogP contribution in [0.25, 0.3) is 6.08 Å². The van der Waals surface area contributed by atoms with Crippen molar-refractivity contribution >= 4 is 49.0 Å². The standard InChI is InChI=1S/C38H52BN7O7/c1-3-27-22-26(23-31(39)35(27)48)24-33(36(49)44-20-18-43(19-21-44)29-9-13-42(14-10-29)25-34(47)41(2)52)53-38(51)45-15-11-30(12-16-45)46-17-8-28-6-4-5-7-32(28)40-37(46)50/h3-7,22-23,29-30,33,48,52H,1,8-21,24-25,39H2,2H3,(H,40,50)/t33-/m1/s1. The summed E-state index contributed by atoms with van der Waals surface area (Å²) in [6, 6.07) is 11.6. The number of nitrogens with one attached hydrogen (secondary N) is 1. The van der Waals surface area contributed by atoms with Crippen LogP contribution in [0, 0.1) is 0 Å². The molecule has 0 aliphatic carbocycles. The zero-order valence-corrected chi connectivity index (χ0v) is 30.9. The third kappa shape index (κ3) is 9.14. The van der Waals surface area contributed by atoms with Crippen LogP contribution < -0.4 is 10.8 Å². The number of ether oxygens (including phenoxy) is 1. The average molecular weight is 730 g/mol. The number of aromatic hydroxyl groups is 1. The topological polar surface area (TPSA) is 149 Å². The number of phenolic OH excluding ortho intramolecular Hbond substituents is 1. The lowest BCUT2D eigenvalue weighted by Crippen LogP contribution is -2.57. The van der Waals surface area contributed by atoms with Crippen molar-refractivity contribution in [1.82, 2.24) is 29.6 Å². The number of amides is 5. The van der Waals surface area contributed by atoms with Crippen molar-refractivity contribution in [3.8, 4) is 5.75 Å². The van der Waals surface area contributed by atoms with Gasteiger partial charge in [-0.25, -0.2) is 14.7 Å². The summed E-state index contributed by atoms with van der Waals surface area (Å²) in [5.41, 5.74) is 3.89. The van der Waals surface area contributed by atoms with Crippen LogP contribution in [0.3, 0.4) is 0 Å². The van der Waals surface area contributed by atoms with E-state index in [1.54, 1.807) is 29.8 Å². The number of para-hydroxylation sites is 1. The summed E-state index contributed by atoms with van der Waals surface area (Å²) < 4.78 is 6.07. The molecule has 5 amide bonds. The lowest BCUT2D eigenvalue weighted by atomic mass is 9.89. The molecule has 6 rings (SSSR count). The Morgan fingerprint density at radius 1 is 0.981 bits per heavy atom. The largest absolute Gasteiger partial charge is 0.508 e. The van der Waals surface area contributed by atoms with Crippen molar-refractivity contribution in [2.24, 2.45) is 0 Å². The number of rotatable bonds is 9. The summed E-state index contributed by atoms with van der Waals surface area (Å²) in [5.74, 6) is -0.448. The molecule has 0 saturated carbocycles. The number of benzene rings is 2. The number of hydrogen-bond acceptors (Lipinski definition) is 9. The van der Waals surface area contributed by atoms with Gasteiger partial charge in [0.05, 0.1) is 6.54 Å². The Balaban J connectivity index is 1.06. The van der Waals surface area contributed by atoms with Gasteiger partial charge in [-0.3, -0.25) is 24.6 Å². The van der Waals surface area contributed by atoms with Gasteiger partial charge in [0.25, 0.3) is 11.8 Å². The minimum absolute atomic E-state index is 0.0173. The van der Waals surface area contributed by atoms with Gasteiger partial charge in [0.15, 0.2) is 6.10 Å². The minimum atomic E-state index is -1.06. The van der Waals surface area contributed by atoms with Crippen LogP contribution in [-0.4, -0.2) is 162 Å². The zero-order valence-electron chi connectivity index (χ0n) is 30.9. The van der Waals surface area contributed by atoms with Crippen molar-refractivity contribution < 1.29 is 34.2 Å². The number of likely N-dealkylation sites (N-methyl/N-ethyl adjacent to an activating group) is 1. The van der Waals surface area contributed by atoms with E-state index in [2.05, 4.69) is 21.7 Å². The third-order valence-electron chi connectivity index (χ3n) is 11.3. The number of hydrogen-bond donors (Lipinski definition) is 3. The van der Waals surface area contributed by atoms with E-state index in [9.17, 15) is 29.5 Å². The lowest BCUT2D eigenvalue weighted by Gasteiger charge is -2.43. The molecule has 53 heavy (non-hydrogen) atoms. The summed E-state index contributed by atoms with van der Waals surface area (Å²) >= 11 is 0. The summed E-state index contributed by atoms with van der Waals surface area (Å²) in [4.78, 5) is 62.7. The van der Waals surface area contributed by atoms with Crippen LogP contribution in [0.1, 0.15) is 42.4 Å². The van der Waals surface area contributed by atoms with E-state index in [1.165, 1.54) is 7.05 Å². The van der Waals surface area contributed by atoms with Gasteiger partial charge < -0.3 is 29.9 Å². The highest BCUT2D eigenvalue weighted by atomic mass is 16.6.